The molecule has 0 bridgehead atoms. The molecule has 1 N–H and O–H groups in total. The molecule has 6 nitrogen and oxygen atoms in total. The number of rotatable bonds is 4. The Morgan fingerprint density at radius 1 is 1.12 bits per heavy atom. The Balaban J connectivity index is 1.67. The van der Waals surface area contributed by atoms with E-state index in [9.17, 15) is 4.79 Å². The SMILES string of the molecule is COc1ccc(Nc2ccc(C(=O)N3CCCCCC3)nn2)cc1Cl. The minimum atomic E-state index is -0.0477. The number of carbonyl (C=O) groups is 1. The summed E-state index contributed by atoms with van der Waals surface area (Å²) in [7, 11) is 1.57. The van der Waals surface area contributed by atoms with E-state index >= 15 is 0 Å². The standard InChI is InChI=1S/C18H21ClN4O2/c1-25-16-8-6-13(12-14(16)19)20-17-9-7-15(21-22-17)18(24)23-10-4-2-3-5-11-23/h6-9,12H,2-5,10-11H2,1H3,(H,20,22). The number of aromatic nitrogens is 2. The predicted molar refractivity (Wildman–Crippen MR) is 97.7 cm³/mol. The molecule has 7 heteroatoms. The molecule has 2 heterocycles. The maximum atomic E-state index is 12.5. The molecule has 0 atom stereocenters. The van der Waals surface area contributed by atoms with Gasteiger partial charge in [0.15, 0.2) is 11.5 Å². The van der Waals surface area contributed by atoms with Gasteiger partial charge in [0.1, 0.15) is 5.75 Å². The molecule has 3 rings (SSSR count). The smallest absolute Gasteiger partial charge is 0.274 e. The molecule has 0 radical (unpaired) electrons. The summed E-state index contributed by atoms with van der Waals surface area (Å²) in [6, 6.07) is 8.81. The number of halogens is 1. The first-order chi connectivity index (χ1) is 12.2. The van der Waals surface area contributed by atoms with Crippen molar-refractivity contribution < 1.29 is 9.53 Å². The lowest BCUT2D eigenvalue weighted by atomic mass is 10.2. The van der Waals surface area contributed by atoms with Crippen molar-refractivity contribution in [3.05, 3.63) is 41.0 Å². The number of hydrogen-bond donors (Lipinski definition) is 1. The summed E-state index contributed by atoms with van der Waals surface area (Å²) in [6.07, 6.45) is 4.47. The van der Waals surface area contributed by atoms with Crippen molar-refractivity contribution in [1.29, 1.82) is 0 Å². The Labute approximate surface area is 152 Å². The molecular formula is C18H21ClN4O2. The third-order valence-electron chi connectivity index (χ3n) is 4.20. The number of likely N-dealkylation sites (tertiary alicyclic amines) is 1. The van der Waals surface area contributed by atoms with Crippen LogP contribution in [0.1, 0.15) is 36.2 Å². The molecule has 0 aliphatic carbocycles. The van der Waals surface area contributed by atoms with Crippen LogP contribution >= 0.6 is 11.6 Å². The first-order valence-electron chi connectivity index (χ1n) is 8.41. The number of carbonyl (C=O) groups excluding carboxylic acids is 1. The number of nitrogens with one attached hydrogen (secondary N) is 1. The Bertz CT molecular complexity index is 728. The third kappa shape index (κ3) is 4.39. The quantitative estimate of drug-likeness (QED) is 0.895. The first-order valence-corrected chi connectivity index (χ1v) is 8.79. The molecule has 1 aliphatic heterocycles. The normalized spacial score (nSPS) is 14.7. The van der Waals surface area contributed by atoms with Gasteiger partial charge in [0, 0.05) is 18.8 Å². The van der Waals surface area contributed by atoms with Gasteiger partial charge in [-0.2, -0.15) is 0 Å². The number of methoxy groups -OCH3 is 1. The van der Waals surface area contributed by atoms with E-state index in [1.807, 2.05) is 11.0 Å². The van der Waals surface area contributed by atoms with Crippen molar-refractivity contribution in [1.82, 2.24) is 15.1 Å². The predicted octanol–water partition coefficient (Wildman–Crippen LogP) is 3.90. The van der Waals surface area contributed by atoms with Crippen LogP contribution in [-0.4, -0.2) is 41.2 Å². The van der Waals surface area contributed by atoms with Gasteiger partial charge in [-0.3, -0.25) is 4.79 Å². The number of nitrogens with zero attached hydrogens (tertiary/aromatic N) is 3. The number of hydrogen-bond acceptors (Lipinski definition) is 5. The number of amides is 1. The summed E-state index contributed by atoms with van der Waals surface area (Å²) < 4.78 is 5.13. The van der Waals surface area contributed by atoms with Crippen LogP contribution in [0, 0.1) is 0 Å². The van der Waals surface area contributed by atoms with E-state index in [1.165, 1.54) is 12.8 Å². The summed E-state index contributed by atoms with van der Waals surface area (Å²) in [6.45, 7) is 1.59. The van der Waals surface area contributed by atoms with Crippen molar-refractivity contribution in [3.8, 4) is 5.75 Å². The van der Waals surface area contributed by atoms with Crippen LogP contribution in [0.4, 0.5) is 11.5 Å². The molecule has 0 saturated carbocycles. The van der Waals surface area contributed by atoms with Crippen LogP contribution in [0.3, 0.4) is 0 Å². The van der Waals surface area contributed by atoms with Crippen LogP contribution in [0.15, 0.2) is 30.3 Å². The number of benzene rings is 1. The van der Waals surface area contributed by atoms with E-state index in [2.05, 4.69) is 15.5 Å². The topological polar surface area (TPSA) is 67.3 Å². The molecular weight excluding hydrogens is 340 g/mol. The Hall–Kier alpha value is -2.34. The lowest BCUT2D eigenvalue weighted by Gasteiger charge is -2.19. The fourth-order valence-corrected chi connectivity index (χ4v) is 3.10. The largest absolute Gasteiger partial charge is 0.495 e. The fraction of sp³-hybridized carbons (Fsp3) is 0.389. The van der Waals surface area contributed by atoms with Gasteiger partial charge >= 0.3 is 0 Å². The molecule has 132 valence electrons. The van der Waals surface area contributed by atoms with Gasteiger partial charge in [0.2, 0.25) is 0 Å². The van der Waals surface area contributed by atoms with E-state index in [-0.39, 0.29) is 5.91 Å². The molecule has 0 spiro atoms. The summed E-state index contributed by atoms with van der Waals surface area (Å²) in [5.74, 6) is 1.11. The van der Waals surface area contributed by atoms with Gasteiger partial charge < -0.3 is 15.0 Å². The second kappa shape index (κ2) is 8.16. The third-order valence-corrected chi connectivity index (χ3v) is 4.50. The second-order valence-electron chi connectivity index (χ2n) is 5.98. The average molecular weight is 361 g/mol. The highest BCUT2D eigenvalue weighted by Crippen LogP contribution is 2.28. The van der Waals surface area contributed by atoms with E-state index in [1.54, 1.807) is 31.4 Å². The fourth-order valence-electron chi connectivity index (χ4n) is 2.84. The van der Waals surface area contributed by atoms with E-state index in [4.69, 9.17) is 16.3 Å². The second-order valence-corrected chi connectivity index (χ2v) is 6.39. The van der Waals surface area contributed by atoms with Gasteiger partial charge in [-0.25, -0.2) is 0 Å². The number of anilines is 2. The van der Waals surface area contributed by atoms with Gasteiger partial charge in [0.25, 0.3) is 5.91 Å². The molecule has 1 aromatic heterocycles. The Kier molecular flexibility index (Phi) is 5.71. The minimum absolute atomic E-state index is 0.0477. The molecule has 1 amide bonds. The lowest BCUT2D eigenvalue weighted by Crippen LogP contribution is -2.32. The molecule has 1 fully saturated rings. The molecule has 25 heavy (non-hydrogen) atoms. The van der Waals surface area contributed by atoms with Crippen molar-refractivity contribution in [3.63, 3.8) is 0 Å². The van der Waals surface area contributed by atoms with Crippen molar-refractivity contribution in [2.45, 2.75) is 25.7 Å². The summed E-state index contributed by atoms with van der Waals surface area (Å²) >= 11 is 6.11. The molecule has 2 aromatic rings. The average Bonchev–Trinajstić information content (AvgIpc) is 2.91. The minimum Gasteiger partial charge on any atom is -0.495 e. The van der Waals surface area contributed by atoms with E-state index in [0.717, 1.165) is 31.6 Å². The maximum Gasteiger partial charge on any atom is 0.274 e. The van der Waals surface area contributed by atoms with Crippen molar-refractivity contribution >= 4 is 29.0 Å². The highest BCUT2D eigenvalue weighted by atomic mass is 35.5. The van der Waals surface area contributed by atoms with E-state index in [0.29, 0.717) is 22.3 Å². The van der Waals surface area contributed by atoms with Gasteiger partial charge in [-0.05, 0) is 43.2 Å². The van der Waals surface area contributed by atoms with Gasteiger partial charge in [-0.1, -0.05) is 24.4 Å². The molecule has 1 saturated heterocycles. The zero-order valence-corrected chi connectivity index (χ0v) is 14.9. The molecule has 0 unspecified atom stereocenters. The van der Waals surface area contributed by atoms with E-state index < -0.39 is 0 Å². The highest BCUT2D eigenvalue weighted by molar-refractivity contribution is 6.32. The lowest BCUT2D eigenvalue weighted by molar-refractivity contribution is 0.0754. The van der Waals surface area contributed by atoms with Crippen LogP contribution in [0.5, 0.6) is 5.75 Å². The molecule has 1 aliphatic rings. The van der Waals surface area contributed by atoms with Crippen LogP contribution in [0.2, 0.25) is 5.02 Å². The van der Waals surface area contributed by atoms with Gasteiger partial charge in [0.05, 0.1) is 12.1 Å². The van der Waals surface area contributed by atoms with Crippen molar-refractivity contribution in [2.24, 2.45) is 0 Å². The monoisotopic (exact) mass is 360 g/mol. The summed E-state index contributed by atoms with van der Waals surface area (Å²) in [5, 5.41) is 11.8. The zero-order valence-electron chi connectivity index (χ0n) is 14.2. The number of ether oxygens (including phenoxy) is 1. The van der Waals surface area contributed by atoms with Crippen LogP contribution in [0.25, 0.3) is 0 Å². The summed E-state index contributed by atoms with van der Waals surface area (Å²) in [5.41, 5.74) is 1.15. The van der Waals surface area contributed by atoms with Crippen LogP contribution in [-0.2, 0) is 0 Å². The zero-order chi connectivity index (χ0) is 17.6. The molecule has 1 aromatic carbocycles. The summed E-state index contributed by atoms with van der Waals surface area (Å²) in [4.78, 5) is 14.4. The maximum absolute atomic E-state index is 12.5. The Morgan fingerprint density at radius 3 is 2.48 bits per heavy atom. The van der Waals surface area contributed by atoms with Gasteiger partial charge in [-0.15, -0.1) is 10.2 Å². The Morgan fingerprint density at radius 2 is 1.88 bits per heavy atom. The van der Waals surface area contributed by atoms with Crippen LogP contribution < -0.4 is 10.1 Å². The van der Waals surface area contributed by atoms with Crippen molar-refractivity contribution in [2.75, 3.05) is 25.5 Å². The highest BCUT2D eigenvalue weighted by Gasteiger charge is 2.18. The first kappa shape index (κ1) is 17.5.